The molecule has 0 atom stereocenters. The van der Waals surface area contributed by atoms with Crippen molar-refractivity contribution in [3.63, 3.8) is 0 Å². The van der Waals surface area contributed by atoms with Gasteiger partial charge in [-0.1, -0.05) is 13.8 Å². The summed E-state index contributed by atoms with van der Waals surface area (Å²) in [4.78, 5) is 11.8. The predicted molar refractivity (Wildman–Crippen MR) is 75.0 cm³/mol. The van der Waals surface area contributed by atoms with Crippen LogP contribution in [0.15, 0.2) is 0 Å². The Balaban J connectivity index is 2.12. The van der Waals surface area contributed by atoms with Crippen molar-refractivity contribution in [3.05, 3.63) is 0 Å². The Labute approximate surface area is 116 Å². The van der Waals surface area contributed by atoms with E-state index >= 15 is 0 Å². The summed E-state index contributed by atoms with van der Waals surface area (Å²) < 4.78 is 5.26. The fourth-order valence-corrected chi connectivity index (χ4v) is 2.28. The number of carbonyl (C=O) groups is 1. The zero-order valence-electron chi connectivity index (χ0n) is 12.2. The molecule has 1 fully saturated rings. The smallest absolute Gasteiger partial charge is 0.234 e. The van der Waals surface area contributed by atoms with Gasteiger partial charge in [0.25, 0.3) is 0 Å². The van der Waals surface area contributed by atoms with Crippen LogP contribution in [-0.4, -0.2) is 50.0 Å². The number of amides is 1. The largest absolute Gasteiger partial charge is 0.396 e. The number of aliphatic hydroxyl groups is 1. The Bertz CT molecular complexity index is 263. The second-order valence-corrected chi connectivity index (χ2v) is 6.05. The van der Waals surface area contributed by atoms with Crippen LogP contribution in [0.4, 0.5) is 0 Å². The van der Waals surface area contributed by atoms with E-state index in [2.05, 4.69) is 24.5 Å². The molecule has 1 rings (SSSR count). The molecule has 0 bridgehead atoms. The van der Waals surface area contributed by atoms with Gasteiger partial charge in [0, 0.05) is 32.4 Å². The highest BCUT2D eigenvalue weighted by Crippen LogP contribution is 2.20. The van der Waals surface area contributed by atoms with Crippen molar-refractivity contribution in [2.75, 3.05) is 32.9 Å². The van der Waals surface area contributed by atoms with E-state index in [0.717, 1.165) is 45.4 Å². The van der Waals surface area contributed by atoms with Crippen molar-refractivity contribution in [1.29, 1.82) is 0 Å². The molecule has 0 unspecified atom stereocenters. The van der Waals surface area contributed by atoms with Crippen molar-refractivity contribution >= 4 is 5.91 Å². The van der Waals surface area contributed by atoms with E-state index in [4.69, 9.17) is 9.84 Å². The fraction of sp³-hybridized carbons (Fsp3) is 0.929. The molecule has 1 saturated heterocycles. The third kappa shape index (κ3) is 7.50. The molecular formula is C14H28N2O3. The second kappa shape index (κ2) is 8.51. The van der Waals surface area contributed by atoms with Gasteiger partial charge in [0.1, 0.15) is 0 Å². The Morgan fingerprint density at radius 1 is 1.37 bits per heavy atom. The summed E-state index contributed by atoms with van der Waals surface area (Å²) in [5.74, 6) is 0.0601. The molecule has 3 N–H and O–H groups in total. The first-order valence-corrected chi connectivity index (χ1v) is 7.22. The average Bonchev–Trinajstić information content (AvgIpc) is 2.37. The maximum atomic E-state index is 11.8. The molecule has 5 heteroatoms. The number of aliphatic hydroxyl groups excluding tert-OH is 1. The van der Waals surface area contributed by atoms with Crippen LogP contribution in [0.3, 0.4) is 0 Å². The summed E-state index contributed by atoms with van der Waals surface area (Å²) in [6.07, 6.45) is 3.59. The van der Waals surface area contributed by atoms with E-state index in [1.807, 2.05) is 0 Å². The minimum Gasteiger partial charge on any atom is -0.396 e. The van der Waals surface area contributed by atoms with Gasteiger partial charge in [0.05, 0.1) is 6.54 Å². The Hall–Kier alpha value is -0.650. The molecule has 112 valence electrons. The van der Waals surface area contributed by atoms with Gasteiger partial charge in [-0.05, 0) is 31.1 Å². The fourth-order valence-electron chi connectivity index (χ4n) is 2.28. The quantitative estimate of drug-likeness (QED) is 0.607. The molecule has 1 amide bonds. The number of hydrogen-bond acceptors (Lipinski definition) is 4. The first-order valence-electron chi connectivity index (χ1n) is 7.22. The molecule has 0 spiro atoms. The van der Waals surface area contributed by atoms with E-state index < -0.39 is 0 Å². The maximum Gasteiger partial charge on any atom is 0.234 e. The van der Waals surface area contributed by atoms with Gasteiger partial charge >= 0.3 is 0 Å². The number of ether oxygens (including phenoxy) is 1. The zero-order chi connectivity index (χ0) is 14.1. The first kappa shape index (κ1) is 16.4. The third-order valence-corrected chi connectivity index (χ3v) is 3.49. The van der Waals surface area contributed by atoms with Crippen LogP contribution in [0.1, 0.15) is 39.5 Å². The van der Waals surface area contributed by atoms with Gasteiger partial charge in [-0.25, -0.2) is 0 Å². The SMILES string of the molecule is CC(C)(CCCO)CNCC(=O)NC1CCOCC1. The Kier molecular flexibility index (Phi) is 7.34. The predicted octanol–water partition coefficient (Wildman–Crippen LogP) is 0.670. The minimum atomic E-state index is 0.0601. The van der Waals surface area contributed by atoms with Crippen LogP contribution in [0, 0.1) is 5.41 Å². The monoisotopic (exact) mass is 272 g/mol. The molecule has 0 saturated carbocycles. The molecule has 0 aromatic carbocycles. The topological polar surface area (TPSA) is 70.6 Å². The summed E-state index contributed by atoms with van der Waals surface area (Å²) in [5, 5.41) is 15.1. The molecule has 5 nitrogen and oxygen atoms in total. The molecule has 1 aliphatic heterocycles. The average molecular weight is 272 g/mol. The summed E-state index contributed by atoms with van der Waals surface area (Å²) in [6, 6.07) is 0.269. The summed E-state index contributed by atoms with van der Waals surface area (Å²) in [5.41, 5.74) is 0.113. The van der Waals surface area contributed by atoms with Crippen LogP contribution in [0.5, 0.6) is 0 Å². The van der Waals surface area contributed by atoms with Gasteiger partial charge < -0.3 is 20.5 Å². The number of carbonyl (C=O) groups excluding carboxylic acids is 1. The molecular weight excluding hydrogens is 244 g/mol. The normalized spacial score (nSPS) is 17.4. The number of nitrogens with one attached hydrogen (secondary N) is 2. The maximum absolute atomic E-state index is 11.8. The number of rotatable bonds is 8. The summed E-state index contributed by atoms with van der Waals surface area (Å²) >= 11 is 0. The number of hydrogen-bond donors (Lipinski definition) is 3. The van der Waals surface area contributed by atoms with Crippen LogP contribution < -0.4 is 10.6 Å². The van der Waals surface area contributed by atoms with Crippen LogP contribution in [-0.2, 0) is 9.53 Å². The Morgan fingerprint density at radius 2 is 2.05 bits per heavy atom. The lowest BCUT2D eigenvalue weighted by atomic mass is 9.88. The molecule has 0 aromatic heterocycles. The molecule has 1 heterocycles. The van der Waals surface area contributed by atoms with Crippen LogP contribution >= 0.6 is 0 Å². The van der Waals surface area contributed by atoms with Gasteiger partial charge in [-0.15, -0.1) is 0 Å². The van der Waals surface area contributed by atoms with Crippen molar-refractivity contribution in [3.8, 4) is 0 Å². The van der Waals surface area contributed by atoms with Crippen LogP contribution in [0.2, 0.25) is 0 Å². The minimum absolute atomic E-state index is 0.0601. The van der Waals surface area contributed by atoms with E-state index in [9.17, 15) is 4.79 Å². The van der Waals surface area contributed by atoms with Gasteiger partial charge in [-0.2, -0.15) is 0 Å². The lowest BCUT2D eigenvalue weighted by Crippen LogP contribution is -2.44. The molecule has 0 radical (unpaired) electrons. The molecule has 19 heavy (non-hydrogen) atoms. The highest BCUT2D eigenvalue weighted by atomic mass is 16.5. The highest BCUT2D eigenvalue weighted by molar-refractivity contribution is 5.78. The standard InChI is InChI=1S/C14H28N2O3/c1-14(2,6-3-7-17)11-15-10-13(18)16-12-4-8-19-9-5-12/h12,15,17H,3-11H2,1-2H3,(H,16,18). The highest BCUT2D eigenvalue weighted by Gasteiger charge is 2.18. The van der Waals surface area contributed by atoms with Gasteiger partial charge in [0.15, 0.2) is 0 Å². The third-order valence-electron chi connectivity index (χ3n) is 3.49. The molecule has 1 aliphatic rings. The summed E-state index contributed by atoms with van der Waals surface area (Å²) in [6.45, 7) is 7.15. The van der Waals surface area contributed by atoms with E-state index in [-0.39, 0.29) is 24.0 Å². The van der Waals surface area contributed by atoms with Crippen molar-refractivity contribution in [1.82, 2.24) is 10.6 Å². The molecule has 0 aromatic rings. The first-order chi connectivity index (χ1) is 9.03. The van der Waals surface area contributed by atoms with Crippen molar-refractivity contribution in [2.45, 2.75) is 45.6 Å². The van der Waals surface area contributed by atoms with Crippen molar-refractivity contribution in [2.24, 2.45) is 5.41 Å². The molecule has 0 aliphatic carbocycles. The zero-order valence-corrected chi connectivity index (χ0v) is 12.2. The van der Waals surface area contributed by atoms with E-state index in [0.29, 0.717) is 6.54 Å². The van der Waals surface area contributed by atoms with Gasteiger partial charge in [-0.3, -0.25) is 4.79 Å². The lowest BCUT2D eigenvalue weighted by molar-refractivity contribution is -0.121. The Morgan fingerprint density at radius 3 is 2.68 bits per heavy atom. The van der Waals surface area contributed by atoms with E-state index in [1.54, 1.807) is 0 Å². The lowest BCUT2D eigenvalue weighted by Gasteiger charge is -2.26. The second-order valence-electron chi connectivity index (χ2n) is 6.05. The van der Waals surface area contributed by atoms with Gasteiger partial charge in [0.2, 0.25) is 5.91 Å². The summed E-state index contributed by atoms with van der Waals surface area (Å²) in [7, 11) is 0. The van der Waals surface area contributed by atoms with E-state index in [1.165, 1.54) is 0 Å². The van der Waals surface area contributed by atoms with Crippen LogP contribution in [0.25, 0.3) is 0 Å². The van der Waals surface area contributed by atoms with Crippen molar-refractivity contribution < 1.29 is 14.6 Å².